The summed E-state index contributed by atoms with van der Waals surface area (Å²) in [5.74, 6) is -0.732. The number of hydrogen-bond acceptors (Lipinski definition) is 2. The number of halogens is 3. The highest BCUT2D eigenvalue weighted by Crippen LogP contribution is 2.51. The first-order chi connectivity index (χ1) is 11.9. The molecule has 3 rings (SSSR count). The molecule has 0 aromatic heterocycles. The summed E-state index contributed by atoms with van der Waals surface area (Å²) in [5, 5.41) is 2.02. The van der Waals surface area contributed by atoms with Gasteiger partial charge in [0.2, 0.25) is 5.91 Å². The number of hydrogen-bond donors (Lipinski definition) is 1. The van der Waals surface area contributed by atoms with Crippen molar-refractivity contribution in [1.29, 1.82) is 0 Å². The topological polar surface area (TPSA) is 46.2 Å². The predicted molar refractivity (Wildman–Crippen MR) is 87.0 cm³/mol. The monoisotopic (exact) mass is 347 g/mol. The minimum Gasteiger partial charge on any atom is -0.346 e. The standard InChI is InChI=1S/C19H16F3NO2/c20-19(21,22)12-23-17(25)18(10-5-11-24)15-8-3-1-6-13(15)14-7-2-4-9-16(14)18/h1-4,6-9,11H,5,10,12H2,(H,23,25). The first kappa shape index (κ1) is 17.2. The molecule has 0 saturated heterocycles. The molecule has 0 atom stereocenters. The molecule has 1 aliphatic rings. The summed E-state index contributed by atoms with van der Waals surface area (Å²) in [6.07, 6.45) is -3.63. The van der Waals surface area contributed by atoms with E-state index in [9.17, 15) is 22.8 Å². The van der Waals surface area contributed by atoms with Gasteiger partial charge < -0.3 is 10.1 Å². The van der Waals surface area contributed by atoms with Crippen LogP contribution in [-0.2, 0) is 15.0 Å². The Kier molecular flexibility index (Phi) is 4.37. The molecule has 6 heteroatoms. The molecule has 25 heavy (non-hydrogen) atoms. The molecule has 0 radical (unpaired) electrons. The Labute approximate surface area is 142 Å². The molecule has 0 fully saturated rings. The summed E-state index contributed by atoms with van der Waals surface area (Å²) in [5.41, 5.74) is 1.60. The molecule has 0 spiro atoms. The molecule has 0 bridgehead atoms. The largest absolute Gasteiger partial charge is 0.405 e. The molecule has 1 N–H and O–H groups in total. The van der Waals surface area contributed by atoms with Gasteiger partial charge in [-0.1, -0.05) is 48.5 Å². The van der Waals surface area contributed by atoms with Crippen molar-refractivity contribution in [3.8, 4) is 11.1 Å². The highest BCUT2D eigenvalue weighted by atomic mass is 19.4. The fourth-order valence-electron chi connectivity index (χ4n) is 3.56. The van der Waals surface area contributed by atoms with Crippen molar-refractivity contribution in [2.24, 2.45) is 0 Å². The Hall–Kier alpha value is -2.63. The van der Waals surface area contributed by atoms with E-state index in [1.54, 1.807) is 24.3 Å². The smallest absolute Gasteiger partial charge is 0.346 e. The number of alkyl halides is 3. The number of benzene rings is 2. The van der Waals surface area contributed by atoms with Crippen LogP contribution in [-0.4, -0.2) is 24.9 Å². The van der Waals surface area contributed by atoms with E-state index in [1.165, 1.54) is 0 Å². The summed E-state index contributed by atoms with van der Waals surface area (Å²) in [6, 6.07) is 14.3. The minimum atomic E-state index is -4.50. The van der Waals surface area contributed by atoms with Gasteiger partial charge in [-0.25, -0.2) is 0 Å². The van der Waals surface area contributed by atoms with E-state index >= 15 is 0 Å². The fourth-order valence-corrected chi connectivity index (χ4v) is 3.56. The number of nitrogens with one attached hydrogen (secondary N) is 1. The SMILES string of the molecule is O=CCCC1(C(=O)NCC(F)(F)F)c2ccccc2-c2ccccc21. The van der Waals surface area contributed by atoms with Crippen LogP contribution in [0.25, 0.3) is 11.1 Å². The normalized spacial score (nSPS) is 14.5. The van der Waals surface area contributed by atoms with Gasteiger partial charge in [-0.3, -0.25) is 4.79 Å². The van der Waals surface area contributed by atoms with E-state index < -0.39 is 24.0 Å². The third-order valence-corrected chi connectivity index (χ3v) is 4.54. The Morgan fingerprint density at radius 1 is 1.00 bits per heavy atom. The Morgan fingerprint density at radius 2 is 1.52 bits per heavy atom. The average Bonchev–Trinajstić information content (AvgIpc) is 2.89. The predicted octanol–water partition coefficient (Wildman–Crippen LogP) is 3.61. The number of amides is 1. The van der Waals surface area contributed by atoms with Crippen LogP contribution in [0.1, 0.15) is 24.0 Å². The summed E-state index contributed by atoms with van der Waals surface area (Å²) < 4.78 is 37.8. The van der Waals surface area contributed by atoms with Crippen LogP contribution in [0, 0.1) is 0 Å². The van der Waals surface area contributed by atoms with Crippen molar-refractivity contribution in [3.05, 3.63) is 59.7 Å². The first-order valence-corrected chi connectivity index (χ1v) is 7.88. The van der Waals surface area contributed by atoms with Gasteiger partial charge in [-0.2, -0.15) is 13.2 Å². The molecule has 1 amide bonds. The molecule has 0 saturated carbocycles. The second-order valence-corrected chi connectivity index (χ2v) is 6.00. The lowest BCUT2D eigenvalue weighted by Gasteiger charge is -2.30. The second kappa shape index (κ2) is 6.35. The molecule has 0 unspecified atom stereocenters. The Bertz CT molecular complexity index is 769. The highest BCUT2D eigenvalue weighted by molar-refractivity contribution is 6.00. The zero-order valence-electron chi connectivity index (χ0n) is 13.3. The number of carbonyl (C=O) groups excluding carboxylic acids is 2. The lowest BCUT2D eigenvalue weighted by molar-refractivity contribution is -0.141. The number of rotatable bonds is 5. The zero-order chi connectivity index (χ0) is 18.1. The van der Waals surface area contributed by atoms with E-state index in [1.807, 2.05) is 29.6 Å². The maximum absolute atomic E-state index is 12.9. The average molecular weight is 347 g/mol. The van der Waals surface area contributed by atoms with Crippen LogP contribution in [0.5, 0.6) is 0 Å². The molecule has 0 aliphatic heterocycles. The Balaban J connectivity index is 2.14. The molecule has 3 nitrogen and oxygen atoms in total. The molecular weight excluding hydrogens is 331 g/mol. The van der Waals surface area contributed by atoms with Gasteiger partial charge in [0.05, 0.1) is 0 Å². The van der Waals surface area contributed by atoms with Crippen LogP contribution in [0.4, 0.5) is 13.2 Å². The van der Waals surface area contributed by atoms with Crippen molar-refractivity contribution < 1.29 is 22.8 Å². The summed E-state index contributed by atoms with van der Waals surface area (Å²) >= 11 is 0. The third kappa shape index (κ3) is 2.92. The van der Waals surface area contributed by atoms with Crippen molar-refractivity contribution in [2.75, 3.05) is 6.54 Å². The van der Waals surface area contributed by atoms with Crippen molar-refractivity contribution in [1.82, 2.24) is 5.32 Å². The van der Waals surface area contributed by atoms with Gasteiger partial charge in [0.1, 0.15) is 18.2 Å². The van der Waals surface area contributed by atoms with Crippen molar-refractivity contribution in [3.63, 3.8) is 0 Å². The van der Waals surface area contributed by atoms with Gasteiger partial charge in [0.25, 0.3) is 0 Å². The number of carbonyl (C=O) groups is 2. The van der Waals surface area contributed by atoms with Crippen molar-refractivity contribution >= 4 is 12.2 Å². The summed E-state index contributed by atoms with van der Waals surface area (Å²) in [7, 11) is 0. The summed E-state index contributed by atoms with van der Waals surface area (Å²) in [6.45, 7) is -1.40. The van der Waals surface area contributed by atoms with E-state index in [2.05, 4.69) is 0 Å². The van der Waals surface area contributed by atoms with Crippen LogP contribution < -0.4 is 5.32 Å². The van der Waals surface area contributed by atoms with Crippen molar-refractivity contribution in [2.45, 2.75) is 24.4 Å². The molecule has 1 aliphatic carbocycles. The Morgan fingerprint density at radius 3 is 2.00 bits per heavy atom. The molecule has 0 heterocycles. The maximum atomic E-state index is 12.9. The van der Waals surface area contributed by atoms with Crippen LogP contribution in [0.3, 0.4) is 0 Å². The fraction of sp³-hybridized carbons (Fsp3) is 0.263. The van der Waals surface area contributed by atoms with Gasteiger partial charge in [0.15, 0.2) is 0 Å². The van der Waals surface area contributed by atoms with Gasteiger partial charge >= 0.3 is 6.18 Å². The van der Waals surface area contributed by atoms with Gasteiger partial charge in [0, 0.05) is 6.42 Å². The second-order valence-electron chi connectivity index (χ2n) is 6.00. The van der Waals surface area contributed by atoms with Gasteiger partial charge in [-0.15, -0.1) is 0 Å². The van der Waals surface area contributed by atoms with Crippen LogP contribution >= 0.6 is 0 Å². The molecule has 2 aromatic rings. The van der Waals surface area contributed by atoms with Gasteiger partial charge in [-0.05, 0) is 28.7 Å². The van der Waals surface area contributed by atoms with E-state index in [0.29, 0.717) is 17.4 Å². The minimum absolute atomic E-state index is 0.0715. The highest BCUT2D eigenvalue weighted by Gasteiger charge is 2.49. The molecule has 130 valence electrons. The van der Waals surface area contributed by atoms with Crippen LogP contribution in [0.2, 0.25) is 0 Å². The van der Waals surface area contributed by atoms with E-state index in [0.717, 1.165) is 11.1 Å². The first-order valence-electron chi connectivity index (χ1n) is 7.88. The lowest BCUT2D eigenvalue weighted by atomic mass is 9.73. The molecular formula is C19H16F3NO2. The van der Waals surface area contributed by atoms with E-state index in [-0.39, 0.29) is 12.8 Å². The number of fused-ring (bicyclic) bond motifs is 3. The quantitative estimate of drug-likeness (QED) is 0.840. The third-order valence-electron chi connectivity index (χ3n) is 4.54. The summed E-state index contributed by atoms with van der Waals surface area (Å²) in [4.78, 5) is 23.9. The lowest BCUT2D eigenvalue weighted by Crippen LogP contribution is -2.47. The zero-order valence-corrected chi connectivity index (χ0v) is 13.3. The maximum Gasteiger partial charge on any atom is 0.405 e. The van der Waals surface area contributed by atoms with Crippen LogP contribution in [0.15, 0.2) is 48.5 Å². The van der Waals surface area contributed by atoms with E-state index in [4.69, 9.17) is 0 Å². The number of aldehydes is 1. The molecule has 2 aromatic carbocycles.